The highest BCUT2D eigenvalue weighted by Gasteiger charge is 2.07. The third kappa shape index (κ3) is 3.84. The second kappa shape index (κ2) is 5.87. The van der Waals surface area contributed by atoms with Gasteiger partial charge in [0.25, 0.3) is 0 Å². The van der Waals surface area contributed by atoms with Gasteiger partial charge in [-0.3, -0.25) is 14.3 Å². The first kappa shape index (κ1) is 13.6. The third-order valence-electron chi connectivity index (χ3n) is 2.55. The molecule has 7 nitrogen and oxygen atoms in total. The molecule has 104 valence electrons. The van der Waals surface area contributed by atoms with Crippen LogP contribution >= 0.6 is 0 Å². The second-order valence-electron chi connectivity index (χ2n) is 4.36. The Hall–Kier alpha value is -2.83. The number of nitrogen functional groups attached to an aromatic ring is 1. The molecule has 0 spiro atoms. The number of amides is 2. The fourth-order valence-electron chi connectivity index (χ4n) is 1.77. The number of carbonyl (C=O) groups is 2. The minimum absolute atomic E-state index is 0.0227. The maximum absolute atomic E-state index is 11.8. The summed E-state index contributed by atoms with van der Waals surface area (Å²) in [5.74, 6) is -0.681. The van der Waals surface area contributed by atoms with Crippen molar-refractivity contribution < 1.29 is 9.59 Å². The summed E-state index contributed by atoms with van der Waals surface area (Å²) in [5.41, 5.74) is 12.7. The van der Waals surface area contributed by atoms with Crippen molar-refractivity contribution in [1.82, 2.24) is 9.78 Å². The highest BCUT2D eigenvalue weighted by atomic mass is 16.2. The molecule has 1 aromatic carbocycles. The predicted octanol–water partition coefficient (Wildman–Crippen LogP) is 0.132. The number of hydrogen-bond donors (Lipinski definition) is 3. The monoisotopic (exact) mass is 273 g/mol. The number of nitrogens with zero attached hydrogens (tertiary/aromatic N) is 2. The fraction of sp³-hybridized carbons (Fsp3) is 0.154. The Bertz CT molecular complexity index is 635. The van der Waals surface area contributed by atoms with Crippen molar-refractivity contribution in [3.63, 3.8) is 0 Å². The van der Waals surface area contributed by atoms with Crippen LogP contribution in [0.2, 0.25) is 0 Å². The van der Waals surface area contributed by atoms with Gasteiger partial charge in [0.2, 0.25) is 11.8 Å². The molecule has 1 aromatic heterocycles. The topological polar surface area (TPSA) is 116 Å². The summed E-state index contributed by atoms with van der Waals surface area (Å²) in [5, 5.41) is 6.60. The quantitative estimate of drug-likeness (QED) is 0.671. The number of nitrogens with one attached hydrogen (secondary N) is 1. The van der Waals surface area contributed by atoms with E-state index in [2.05, 4.69) is 10.4 Å². The summed E-state index contributed by atoms with van der Waals surface area (Å²) < 4.78 is 1.36. The molecule has 0 radical (unpaired) electrons. The number of hydrogen-bond acceptors (Lipinski definition) is 4. The Balaban J connectivity index is 1.94. The maximum atomic E-state index is 11.8. The van der Waals surface area contributed by atoms with Crippen LogP contribution in [-0.4, -0.2) is 21.6 Å². The standard InChI is InChI=1S/C13H15N5O2/c14-10-3-1-2-9(4-10)5-13(20)17-11-6-16-18(7-11)8-12(15)19/h1-4,6-7H,5,8,14H2,(H2,15,19)(H,17,20). The van der Waals surface area contributed by atoms with Crippen molar-refractivity contribution in [3.05, 3.63) is 42.2 Å². The molecule has 0 atom stereocenters. The lowest BCUT2D eigenvalue weighted by atomic mass is 10.1. The van der Waals surface area contributed by atoms with Gasteiger partial charge in [-0.15, -0.1) is 0 Å². The van der Waals surface area contributed by atoms with Crippen molar-refractivity contribution in [1.29, 1.82) is 0 Å². The van der Waals surface area contributed by atoms with E-state index in [1.807, 2.05) is 6.07 Å². The normalized spacial score (nSPS) is 10.2. The largest absolute Gasteiger partial charge is 0.399 e. The number of aromatic nitrogens is 2. The van der Waals surface area contributed by atoms with E-state index in [1.54, 1.807) is 24.4 Å². The number of rotatable bonds is 5. The molecule has 0 unspecified atom stereocenters. The predicted molar refractivity (Wildman–Crippen MR) is 74.6 cm³/mol. The summed E-state index contributed by atoms with van der Waals surface area (Å²) >= 11 is 0. The van der Waals surface area contributed by atoms with Crippen LogP contribution in [0.1, 0.15) is 5.56 Å². The summed E-state index contributed by atoms with van der Waals surface area (Å²) in [6.07, 6.45) is 3.22. The zero-order valence-electron chi connectivity index (χ0n) is 10.7. The van der Waals surface area contributed by atoms with E-state index >= 15 is 0 Å². The Labute approximate surface area is 115 Å². The average molecular weight is 273 g/mol. The lowest BCUT2D eigenvalue weighted by Gasteiger charge is -2.03. The number of anilines is 2. The van der Waals surface area contributed by atoms with Crippen molar-refractivity contribution in [2.24, 2.45) is 5.73 Å². The Morgan fingerprint density at radius 1 is 1.35 bits per heavy atom. The molecule has 0 saturated carbocycles. The average Bonchev–Trinajstić information content (AvgIpc) is 2.75. The first-order valence-corrected chi connectivity index (χ1v) is 5.98. The van der Waals surface area contributed by atoms with Crippen LogP contribution in [0.5, 0.6) is 0 Å². The molecule has 0 aliphatic rings. The van der Waals surface area contributed by atoms with Crippen LogP contribution < -0.4 is 16.8 Å². The van der Waals surface area contributed by atoms with E-state index in [0.29, 0.717) is 11.4 Å². The zero-order chi connectivity index (χ0) is 14.5. The van der Waals surface area contributed by atoms with Gasteiger partial charge in [0.1, 0.15) is 6.54 Å². The molecule has 20 heavy (non-hydrogen) atoms. The number of carbonyl (C=O) groups excluding carboxylic acids is 2. The van der Waals surface area contributed by atoms with Crippen LogP contribution in [0.25, 0.3) is 0 Å². The Kier molecular flexibility index (Phi) is 3.99. The minimum Gasteiger partial charge on any atom is -0.399 e. The van der Waals surface area contributed by atoms with Gasteiger partial charge in [0.15, 0.2) is 0 Å². The Morgan fingerprint density at radius 2 is 2.15 bits per heavy atom. The molecule has 0 bridgehead atoms. The van der Waals surface area contributed by atoms with Gasteiger partial charge >= 0.3 is 0 Å². The van der Waals surface area contributed by atoms with E-state index in [-0.39, 0.29) is 18.9 Å². The molecule has 0 aliphatic carbocycles. The maximum Gasteiger partial charge on any atom is 0.239 e. The first-order valence-electron chi connectivity index (χ1n) is 5.98. The lowest BCUT2D eigenvalue weighted by Crippen LogP contribution is -2.18. The van der Waals surface area contributed by atoms with Crippen molar-refractivity contribution in [2.45, 2.75) is 13.0 Å². The van der Waals surface area contributed by atoms with Crippen LogP contribution in [0, 0.1) is 0 Å². The van der Waals surface area contributed by atoms with Gasteiger partial charge in [-0.1, -0.05) is 12.1 Å². The van der Waals surface area contributed by atoms with E-state index in [1.165, 1.54) is 10.9 Å². The molecule has 5 N–H and O–H groups in total. The van der Waals surface area contributed by atoms with E-state index < -0.39 is 5.91 Å². The fourth-order valence-corrected chi connectivity index (χ4v) is 1.77. The number of benzene rings is 1. The smallest absolute Gasteiger partial charge is 0.239 e. The minimum atomic E-state index is -0.495. The van der Waals surface area contributed by atoms with Crippen LogP contribution in [0.15, 0.2) is 36.7 Å². The molecular weight excluding hydrogens is 258 g/mol. The summed E-state index contributed by atoms with van der Waals surface area (Å²) in [6.45, 7) is -0.0227. The van der Waals surface area contributed by atoms with Crippen LogP contribution in [-0.2, 0) is 22.6 Å². The highest BCUT2D eigenvalue weighted by molar-refractivity contribution is 5.92. The molecular formula is C13H15N5O2. The van der Waals surface area contributed by atoms with Gasteiger partial charge < -0.3 is 16.8 Å². The van der Waals surface area contributed by atoms with E-state index in [9.17, 15) is 9.59 Å². The van der Waals surface area contributed by atoms with Gasteiger partial charge in [0, 0.05) is 11.9 Å². The Morgan fingerprint density at radius 3 is 2.85 bits per heavy atom. The summed E-state index contributed by atoms with van der Waals surface area (Å²) in [4.78, 5) is 22.6. The van der Waals surface area contributed by atoms with Gasteiger partial charge in [0.05, 0.1) is 18.3 Å². The molecule has 2 amide bonds. The van der Waals surface area contributed by atoms with E-state index in [4.69, 9.17) is 11.5 Å². The molecule has 0 fully saturated rings. The lowest BCUT2D eigenvalue weighted by molar-refractivity contribution is -0.118. The molecule has 2 rings (SSSR count). The molecule has 2 aromatic rings. The molecule has 1 heterocycles. The third-order valence-corrected chi connectivity index (χ3v) is 2.55. The van der Waals surface area contributed by atoms with Crippen LogP contribution in [0.4, 0.5) is 11.4 Å². The van der Waals surface area contributed by atoms with E-state index in [0.717, 1.165) is 5.56 Å². The molecule has 0 saturated heterocycles. The summed E-state index contributed by atoms with van der Waals surface area (Å²) in [7, 11) is 0. The zero-order valence-corrected chi connectivity index (χ0v) is 10.7. The molecule has 7 heteroatoms. The summed E-state index contributed by atoms with van der Waals surface area (Å²) in [6, 6.07) is 7.13. The highest BCUT2D eigenvalue weighted by Crippen LogP contribution is 2.09. The molecule has 0 aliphatic heterocycles. The van der Waals surface area contributed by atoms with Gasteiger partial charge in [-0.05, 0) is 17.7 Å². The van der Waals surface area contributed by atoms with Crippen molar-refractivity contribution in [3.8, 4) is 0 Å². The second-order valence-corrected chi connectivity index (χ2v) is 4.36. The van der Waals surface area contributed by atoms with Gasteiger partial charge in [-0.25, -0.2) is 0 Å². The van der Waals surface area contributed by atoms with Crippen molar-refractivity contribution in [2.75, 3.05) is 11.1 Å². The number of primary amides is 1. The van der Waals surface area contributed by atoms with Gasteiger partial charge in [-0.2, -0.15) is 5.10 Å². The van der Waals surface area contributed by atoms with Crippen LogP contribution in [0.3, 0.4) is 0 Å². The SMILES string of the molecule is NC(=O)Cn1cc(NC(=O)Cc2cccc(N)c2)cn1. The van der Waals surface area contributed by atoms with Crippen molar-refractivity contribution >= 4 is 23.2 Å². The first-order chi connectivity index (χ1) is 9.52. The number of nitrogens with two attached hydrogens (primary N) is 2.